The van der Waals surface area contributed by atoms with Crippen molar-refractivity contribution in [3.05, 3.63) is 42.6 Å². The maximum absolute atomic E-state index is 11.9. The maximum atomic E-state index is 11.9. The van der Waals surface area contributed by atoms with Crippen LogP contribution in [0.3, 0.4) is 0 Å². The van der Waals surface area contributed by atoms with Crippen LogP contribution in [0.1, 0.15) is 5.56 Å². The van der Waals surface area contributed by atoms with E-state index in [0.717, 1.165) is 5.56 Å². The number of ether oxygens (including phenoxy) is 1. The number of nitrogens with zero attached hydrogens (tertiary/aromatic N) is 2. The smallest absolute Gasteiger partial charge is 0.406 e. The van der Waals surface area contributed by atoms with E-state index in [1.54, 1.807) is 0 Å². The Labute approximate surface area is 96.8 Å². The second-order valence-corrected chi connectivity index (χ2v) is 3.11. The van der Waals surface area contributed by atoms with Crippen LogP contribution in [0.2, 0.25) is 0 Å². The van der Waals surface area contributed by atoms with Crippen LogP contribution in [0, 0.1) is 0 Å². The van der Waals surface area contributed by atoms with E-state index in [9.17, 15) is 13.2 Å². The molecule has 0 bridgehead atoms. The summed E-state index contributed by atoms with van der Waals surface area (Å²) in [5.74, 6) is -0.252. The van der Waals surface area contributed by atoms with Crippen LogP contribution in [0.4, 0.5) is 13.2 Å². The molecule has 0 saturated carbocycles. The summed E-state index contributed by atoms with van der Waals surface area (Å²) in [5.41, 5.74) is 0.770. The van der Waals surface area contributed by atoms with Crippen LogP contribution in [0.15, 0.2) is 42.1 Å². The molecule has 0 heterocycles. The van der Waals surface area contributed by atoms with E-state index in [4.69, 9.17) is 0 Å². The van der Waals surface area contributed by atoms with Crippen LogP contribution in [0.5, 0.6) is 5.75 Å². The number of halogens is 3. The zero-order valence-electron chi connectivity index (χ0n) is 8.94. The van der Waals surface area contributed by atoms with E-state index in [1.165, 1.54) is 35.5 Å². The van der Waals surface area contributed by atoms with Gasteiger partial charge >= 0.3 is 6.36 Å². The average molecular weight is 244 g/mol. The summed E-state index contributed by atoms with van der Waals surface area (Å²) in [7, 11) is 0. The number of hydrogen-bond donors (Lipinski definition) is 0. The molecule has 1 aromatic rings. The lowest BCUT2D eigenvalue weighted by Gasteiger charge is -2.13. The lowest BCUT2D eigenvalue weighted by atomic mass is 10.2. The molecular weight excluding hydrogens is 233 g/mol. The largest absolute Gasteiger partial charge is 0.573 e. The first kappa shape index (κ1) is 13.1. The summed E-state index contributed by atoms with van der Waals surface area (Å²) in [4.78, 5) is 0. The van der Waals surface area contributed by atoms with Crippen molar-refractivity contribution in [2.24, 2.45) is 5.10 Å². The first-order chi connectivity index (χ1) is 7.94. The van der Waals surface area contributed by atoms with Crippen molar-refractivity contribution in [1.29, 1.82) is 0 Å². The van der Waals surface area contributed by atoms with Gasteiger partial charge in [0.15, 0.2) is 0 Å². The second kappa shape index (κ2) is 5.38. The van der Waals surface area contributed by atoms with Gasteiger partial charge in [0.1, 0.15) is 5.75 Å². The molecule has 6 heteroatoms. The molecule has 3 nitrogen and oxygen atoms in total. The van der Waals surface area contributed by atoms with Gasteiger partial charge in [0, 0.05) is 12.9 Å². The normalized spacial score (nSPS) is 10.8. The number of hydrazone groups is 1. The molecule has 0 amide bonds. The molecule has 1 rings (SSSR count). The maximum Gasteiger partial charge on any atom is 0.573 e. The van der Waals surface area contributed by atoms with Crippen molar-refractivity contribution in [2.75, 3.05) is 0 Å². The third-order valence-electron chi connectivity index (χ3n) is 1.89. The van der Waals surface area contributed by atoms with E-state index >= 15 is 0 Å². The summed E-state index contributed by atoms with van der Waals surface area (Å²) >= 11 is 0. The van der Waals surface area contributed by atoms with Gasteiger partial charge in [-0.1, -0.05) is 18.7 Å². The first-order valence-corrected chi connectivity index (χ1v) is 4.65. The molecule has 0 atom stereocenters. The Morgan fingerprint density at radius 3 is 2.29 bits per heavy atom. The Hall–Kier alpha value is -1.98. The monoisotopic (exact) mass is 244 g/mol. The van der Waals surface area contributed by atoms with Crippen LogP contribution < -0.4 is 4.74 Å². The fourth-order valence-corrected chi connectivity index (χ4v) is 1.16. The zero-order chi connectivity index (χ0) is 12.9. The van der Waals surface area contributed by atoms with E-state index in [2.05, 4.69) is 23.1 Å². The van der Waals surface area contributed by atoms with Crippen molar-refractivity contribution in [1.82, 2.24) is 5.01 Å². The minimum absolute atomic E-state index is 0.252. The van der Waals surface area contributed by atoms with Crippen molar-refractivity contribution < 1.29 is 17.9 Å². The van der Waals surface area contributed by atoms with Gasteiger partial charge in [-0.05, 0) is 17.7 Å². The third-order valence-corrected chi connectivity index (χ3v) is 1.89. The van der Waals surface area contributed by atoms with Crippen molar-refractivity contribution in [3.63, 3.8) is 0 Å². The quantitative estimate of drug-likeness (QED) is 0.587. The summed E-state index contributed by atoms with van der Waals surface area (Å²) in [6, 6.07) is 5.52. The fourth-order valence-electron chi connectivity index (χ4n) is 1.16. The molecule has 0 spiro atoms. The lowest BCUT2D eigenvalue weighted by Crippen LogP contribution is -2.17. The molecule has 0 radical (unpaired) electrons. The Morgan fingerprint density at radius 2 is 1.88 bits per heavy atom. The average Bonchev–Trinajstić information content (AvgIpc) is 2.26. The first-order valence-electron chi connectivity index (χ1n) is 4.65. The van der Waals surface area contributed by atoms with Gasteiger partial charge in [-0.3, -0.25) is 5.01 Å². The highest BCUT2D eigenvalue weighted by molar-refractivity contribution is 5.28. The standard InChI is InChI=1S/C11H11F3N2O/c1-3-16(15-2)8-9-4-6-10(7-5-9)17-11(12,13)14/h3-7H,1-2,8H2. The minimum Gasteiger partial charge on any atom is -0.406 e. The molecule has 0 aliphatic heterocycles. The predicted molar refractivity (Wildman–Crippen MR) is 58.4 cm³/mol. The second-order valence-electron chi connectivity index (χ2n) is 3.11. The number of rotatable bonds is 5. The fraction of sp³-hybridized carbons (Fsp3) is 0.182. The molecule has 0 fully saturated rings. The topological polar surface area (TPSA) is 24.8 Å². The van der Waals surface area contributed by atoms with Crippen LogP contribution in [-0.2, 0) is 6.54 Å². The number of alkyl halides is 3. The predicted octanol–water partition coefficient (Wildman–Crippen LogP) is 3.15. The SMILES string of the molecule is C=CN(Cc1ccc(OC(F)(F)F)cc1)N=C. The molecule has 92 valence electrons. The highest BCUT2D eigenvalue weighted by Crippen LogP contribution is 2.23. The van der Waals surface area contributed by atoms with Gasteiger partial charge < -0.3 is 4.74 Å². The Bertz CT molecular complexity index is 379. The summed E-state index contributed by atoms with van der Waals surface area (Å²) in [6.45, 7) is 7.23. The Morgan fingerprint density at radius 1 is 1.29 bits per heavy atom. The molecular formula is C11H11F3N2O. The van der Waals surface area contributed by atoms with Gasteiger partial charge in [-0.25, -0.2) is 0 Å². The van der Waals surface area contributed by atoms with Gasteiger partial charge in [0.05, 0.1) is 6.54 Å². The number of hydrogen-bond acceptors (Lipinski definition) is 3. The van der Waals surface area contributed by atoms with E-state index in [1.807, 2.05) is 0 Å². The number of benzene rings is 1. The highest BCUT2D eigenvalue weighted by atomic mass is 19.4. The Kier molecular flexibility index (Phi) is 4.14. The van der Waals surface area contributed by atoms with Gasteiger partial charge in [-0.15, -0.1) is 13.2 Å². The Balaban J connectivity index is 2.68. The summed E-state index contributed by atoms with van der Waals surface area (Å²) in [6.07, 6.45) is -3.20. The van der Waals surface area contributed by atoms with Gasteiger partial charge in [0.2, 0.25) is 0 Å². The van der Waals surface area contributed by atoms with E-state index in [-0.39, 0.29) is 5.75 Å². The van der Waals surface area contributed by atoms with Crippen molar-refractivity contribution in [2.45, 2.75) is 12.9 Å². The van der Waals surface area contributed by atoms with Gasteiger partial charge in [0.25, 0.3) is 0 Å². The molecule has 0 saturated heterocycles. The van der Waals surface area contributed by atoms with Crippen LogP contribution in [0.25, 0.3) is 0 Å². The summed E-state index contributed by atoms with van der Waals surface area (Å²) in [5, 5.41) is 5.10. The summed E-state index contributed by atoms with van der Waals surface area (Å²) < 4.78 is 39.4. The molecule has 0 aliphatic carbocycles. The zero-order valence-corrected chi connectivity index (χ0v) is 8.94. The van der Waals surface area contributed by atoms with Crippen LogP contribution in [-0.4, -0.2) is 18.1 Å². The van der Waals surface area contributed by atoms with Crippen molar-refractivity contribution >= 4 is 6.72 Å². The van der Waals surface area contributed by atoms with Crippen LogP contribution >= 0.6 is 0 Å². The minimum atomic E-state index is -4.67. The molecule has 0 aliphatic rings. The third kappa shape index (κ3) is 4.58. The molecule has 17 heavy (non-hydrogen) atoms. The van der Waals surface area contributed by atoms with E-state index < -0.39 is 6.36 Å². The highest BCUT2D eigenvalue weighted by Gasteiger charge is 2.30. The van der Waals surface area contributed by atoms with Gasteiger partial charge in [-0.2, -0.15) is 5.10 Å². The molecule has 1 aromatic carbocycles. The molecule has 0 unspecified atom stereocenters. The van der Waals surface area contributed by atoms with E-state index in [0.29, 0.717) is 6.54 Å². The van der Waals surface area contributed by atoms with Crippen molar-refractivity contribution in [3.8, 4) is 5.75 Å². The molecule has 0 N–H and O–H groups in total. The lowest BCUT2D eigenvalue weighted by molar-refractivity contribution is -0.274. The molecule has 0 aromatic heterocycles.